The number of hydrogen-bond acceptors (Lipinski definition) is 3. The van der Waals surface area contributed by atoms with Crippen molar-refractivity contribution in [2.75, 3.05) is 20.8 Å². The van der Waals surface area contributed by atoms with E-state index in [4.69, 9.17) is 9.47 Å². The predicted octanol–water partition coefficient (Wildman–Crippen LogP) is 3.69. The molecular weight excluding hydrogens is 314 g/mol. The van der Waals surface area contributed by atoms with E-state index < -0.39 is 0 Å². The van der Waals surface area contributed by atoms with Crippen molar-refractivity contribution in [3.05, 3.63) is 64.7 Å². The average Bonchev–Trinajstić information content (AvgIpc) is 2.66. The first-order valence-corrected chi connectivity index (χ1v) is 8.38. The highest BCUT2D eigenvalue weighted by molar-refractivity contribution is 5.97. The third-order valence-electron chi connectivity index (χ3n) is 4.55. The number of hydrogen-bond donors (Lipinski definition) is 0. The Morgan fingerprint density at radius 1 is 1.04 bits per heavy atom. The van der Waals surface area contributed by atoms with Crippen LogP contribution >= 0.6 is 0 Å². The summed E-state index contributed by atoms with van der Waals surface area (Å²) in [6, 6.07) is 14.0. The van der Waals surface area contributed by atoms with E-state index in [9.17, 15) is 4.79 Å². The molecule has 0 fully saturated rings. The summed E-state index contributed by atoms with van der Waals surface area (Å²) >= 11 is 0. The minimum absolute atomic E-state index is 0.0734. The van der Waals surface area contributed by atoms with E-state index in [1.165, 1.54) is 11.1 Å². The van der Waals surface area contributed by atoms with Crippen molar-refractivity contribution in [2.45, 2.75) is 19.9 Å². The van der Waals surface area contributed by atoms with Gasteiger partial charge in [0.1, 0.15) is 0 Å². The number of rotatable bonds is 4. The summed E-state index contributed by atoms with van der Waals surface area (Å²) in [5.41, 5.74) is 4.21. The van der Waals surface area contributed by atoms with Gasteiger partial charge in [-0.15, -0.1) is 0 Å². The van der Waals surface area contributed by atoms with Gasteiger partial charge in [-0.1, -0.05) is 30.3 Å². The standard InChI is InChI=1S/C21H23NO3/c1-15(12-16-8-9-19(24-2)20(13-16)25-3)21(23)22-11-10-17-6-4-5-7-18(17)14-22/h4-9,12-13H,10-11,14H2,1-3H3/b15-12+. The zero-order valence-corrected chi connectivity index (χ0v) is 14.9. The first kappa shape index (κ1) is 17.1. The Morgan fingerprint density at radius 3 is 2.48 bits per heavy atom. The second-order valence-corrected chi connectivity index (χ2v) is 6.19. The van der Waals surface area contributed by atoms with Gasteiger partial charge in [0, 0.05) is 18.7 Å². The molecule has 2 aromatic rings. The molecule has 1 amide bonds. The lowest BCUT2D eigenvalue weighted by atomic mass is 9.99. The number of ether oxygens (including phenoxy) is 2. The molecule has 130 valence electrons. The molecule has 0 saturated carbocycles. The number of nitrogens with zero attached hydrogens (tertiary/aromatic N) is 1. The van der Waals surface area contributed by atoms with Crippen molar-refractivity contribution in [3.8, 4) is 11.5 Å². The van der Waals surface area contributed by atoms with E-state index in [1.807, 2.05) is 42.2 Å². The molecule has 0 N–H and O–H groups in total. The number of amides is 1. The van der Waals surface area contributed by atoms with Crippen LogP contribution < -0.4 is 9.47 Å². The van der Waals surface area contributed by atoms with Crippen LogP contribution in [0.2, 0.25) is 0 Å². The van der Waals surface area contributed by atoms with E-state index in [1.54, 1.807) is 14.2 Å². The third kappa shape index (κ3) is 3.68. The van der Waals surface area contributed by atoms with Crippen LogP contribution in [0.15, 0.2) is 48.0 Å². The number of carbonyl (C=O) groups is 1. The largest absolute Gasteiger partial charge is 0.493 e. The van der Waals surface area contributed by atoms with E-state index in [0.29, 0.717) is 23.6 Å². The lowest BCUT2D eigenvalue weighted by molar-refractivity contribution is -0.127. The van der Waals surface area contributed by atoms with E-state index in [2.05, 4.69) is 18.2 Å². The minimum Gasteiger partial charge on any atom is -0.493 e. The average molecular weight is 337 g/mol. The van der Waals surface area contributed by atoms with Crippen molar-refractivity contribution in [3.63, 3.8) is 0 Å². The molecule has 3 rings (SSSR count). The van der Waals surface area contributed by atoms with Crippen LogP contribution in [-0.4, -0.2) is 31.6 Å². The normalized spacial score (nSPS) is 14.0. The second kappa shape index (κ2) is 7.43. The lowest BCUT2D eigenvalue weighted by Crippen LogP contribution is -2.36. The molecule has 4 nitrogen and oxygen atoms in total. The van der Waals surface area contributed by atoms with Crippen molar-refractivity contribution >= 4 is 12.0 Å². The van der Waals surface area contributed by atoms with Crippen LogP contribution in [0.3, 0.4) is 0 Å². The fraction of sp³-hybridized carbons (Fsp3) is 0.286. The van der Waals surface area contributed by atoms with Crippen LogP contribution in [0, 0.1) is 0 Å². The fourth-order valence-electron chi connectivity index (χ4n) is 3.17. The molecule has 4 heteroatoms. The summed E-state index contributed by atoms with van der Waals surface area (Å²) in [5.74, 6) is 1.41. The Balaban J connectivity index is 1.77. The lowest BCUT2D eigenvalue weighted by Gasteiger charge is -2.29. The highest BCUT2D eigenvalue weighted by atomic mass is 16.5. The first-order chi connectivity index (χ1) is 12.1. The Morgan fingerprint density at radius 2 is 1.76 bits per heavy atom. The quantitative estimate of drug-likeness (QED) is 0.799. The number of fused-ring (bicyclic) bond motifs is 1. The fourth-order valence-corrected chi connectivity index (χ4v) is 3.17. The summed E-state index contributed by atoms with van der Waals surface area (Å²) in [4.78, 5) is 14.7. The van der Waals surface area contributed by atoms with Crippen LogP contribution in [-0.2, 0) is 17.8 Å². The van der Waals surface area contributed by atoms with Crippen LogP contribution in [0.4, 0.5) is 0 Å². The van der Waals surface area contributed by atoms with Gasteiger partial charge in [-0.3, -0.25) is 4.79 Å². The van der Waals surface area contributed by atoms with Gasteiger partial charge < -0.3 is 14.4 Å². The Bertz CT molecular complexity index is 811. The zero-order valence-electron chi connectivity index (χ0n) is 14.9. The monoisotopic (exact) mass is 337 g/mol. The van der Waals surface area contributed by atoms with E-state index >= 15 is 0 Å². The topological polar surface area (TPSA) is 38.8 Å². The molecule has 0 unspecified atom stereocenters. The Kier molecular flexibility index (Phi) is 5.08. The summed E-state index contributed by atoms with van der Waals surface area (Å²) in [7, 11) is 3.21. The van der Waals surface area contributed by atoms with E-state index in [0.717, 1.165) is 18.5 Å². The molecule has 0 saturated heterocycles. The minimum atomic E-state index is 0.0734. The smallest absolute Gasteiger partial charge is 0.249 e. The van der Waals surface area contributed by atoms with Crippen LogP contribution in [0.25, 0.3) is 6.08 Å². The summed E-state index contributed by atoms with van der Waals surface area (Å²) in [6.45, 7) is 3.29. The molecule has 0 spiro atoms. The van der Waals surface area contributed by atoms with Gasteiger partial charge in [0.15, 0.2) is 11.5 Å². The summed E-state index contributed by atoms with van der Waals surface area (Å²) in [6.07, 6.45) is 2.80. The Hall–Kier alpha value is -2.75. The molecule has 1 heterocycles. The van der Waals surface area contributed by atoms with Gasteiger partial charge in [-0.25, -0.2) is 0 Å². The molecule has 25 heavy (non-hydrogen) atoms. The molecule has 0 atom stereocenters. The molecule has 0 bridgehead atoms. The van der Waals surface area contributed by atoms with Gasteiger partial charge >= 0.3 is 0 Å². The van der Waals surface area contributed by atoms with Gasteiger partial charge in [0.2, 0.25) is 5.91 Å². The van der Waals surface area contributed by atoms with Gasteiger partial charge in [-0.2, -0.15) is 0 Å². The summed E-state index contributed by atoms with van der Waals surface area (Å²) in [5, 5.41) is 0. The highest BCUT2D eigenvalue weighted by Crippen LogP contribution is 2.28. The van der Waals surface area contributed by atoms with Gasteiger partial charge in [0.05, 0.1) is 14.2 Å². The number of benzene rings is 2. The summed E-state index contributed by atoms with van der Waals surface area (Å²) < 4.78 is 10.6. The molecule has 2 aromatic carbocycles. The number of carbonyl (C=O) groups excluding carboxylic acids is 1. The van der Waals surface area contributed by atoms with Crippen LogP contribution in [0.1, 0.15) is 23.6 Å². The molecule has 0 aromatic heterocycles. The Labute approximate surface area is 148 Å². The van der Waals surface area contributed by atoms with Gasteiger partial charge in [0.25, 0.3) is 0 Å². The van der Waals surface area contributed by atoms with Crippen LogP contribution in [0.5, 0.6) is 11.5 Å². The molecule has 0 radical (unpaired) electrons. The zero-order chi connectivity index (χ0) is 17.8. The maximum atomic E-state index is 12.8. The highest BCUT2D eigenvalue weighted by Gasteiger charge is 2.21. The SMILES string of the molecule is COc1ccc(/C=C(\C)C(=O)N2CCc3ccccc3C2)cc1OC. The molecule has 1 aliphatic heterocycles. The first-order valence-electron chi connectivity index (χ1n) is 8.38. The predicted molar refractivity (Wildman–Crippen MR) is 98.8 cm³/mol. The van der Waals surface area contributed by atoms with E-state index in [-0.39, 0.29) is 5.91 Å². The van der Waals surface area contributed by atoms with Crippen molar-refractivity contribution in [1.82, 2.24) is 4.90 Å². The second-order valence-electron chi connectivity index (χ2n) is 6.19. The maximum absolute atomic E-state index is 12.8. The van der Waals surface area contributed by atoms with Gasteiger partial charge in [-0.05, 0) is 48.2 Å². The van der Waals surface area contributed by atoms with Crippen molar-refractivity contribution in [2.24, 2.45) is 0 Å². The molecule has 0 aliphatic carbocycles. The van der Waals surface area contributed by atoms with Crippen molar-refractivity contribution < 1.29 is 14.3 Å². The number of methoxy groups -OCH3 is 2. The van der Waals surface area contributed by atoms with Crippen molar-refractivity contribution in [1.29, 1.82) is 0 Å². The molecular formula is C21H23NO3. The third-order valence-corrected chi connectivity index (χ3v) is 4.55. The maximum Gasteiger partial charge on any atom is 0.249 e. The molecule has 1 aliphatic rings.